The van der Waals surface area contributed by atoms with Crippen molar-refractivity contribution in [2.24, 2.45) is 5.92 Å². The smallest absolute Gasteiger partial charge is 0.244 e. The number of anilines is 1. The van der Waals surface area contributed by atoms with Crippen molar-refractivity contribution in [1.82, 2.24) is 4.31 Å². The number of hydrogen-bond donors (Lipinski definition) is 1. The molecule has 1 saturated heterocycles. The van der Waals surface area contributed by atoms with Crippen LogP contribution in [-0.4, -0.2) is 25.8 Å². The highest BCUT2D eigenvalue weighted by atomic mass is 35.5. The molecule has 1 fully saturated rings. The van der Waals surface area contributed by atoms with Gasteiger partial charge in [0.25, 0.3) is 0 Å². The molecular weight excluding hydrogens is 284 g/mol. The molecule has 0 unspecified atom stereocenters. The molecule has 0 spiro atoms. The molecule has 1 heterocycles. The summed E-state index contributed by atoms with van der Waals surface area (Å²) in [5.74, 6) is 0.628. The first kappa shape index (κ1) is 14.6. The van der Waals surface area contributed by atoms with Crippen molar-refractivity contribution in [2.45, 2.75) is 31.1 Å². The highest BCUT2D eigenvalue weighted by Gasteiger charge is 2.30. The van der Waals surface area contributed by atoms with Crippen LogP contribution in [0.25, 0.3) is 0 Å². The molecule has 4 nitrogen and oxygen atoms in total. The van der Waals surface area contributed by atoms with E-state index in [1.165, 1.54) is 16.4 Å². The van der Waals surface area contributed by atoms with Gasteiger partial charge in [-0.3, -0.25) is 0 Å². The summed E-state index contributed by atoms with van der Waals surface area (Å²) in [6.07, 6.45) is 2.93. The normalized spacial score (nSPS) is 18.6. The maximum atomic E-state index is 12.5. The van der Waals surface area contributed by atoms with Crippen LogP contribution in [0.2, 0.25) is 5.02 Å². The topological polar surface area (TPSA) is 63.4 Å². The van der Waals surface area contributed by atoms with Gasteiger partial charge in [-0.05, 0) is 37.0 Å². The summed E-state index contributed by atoms with van der Waals surface area (Å²) in [7, 11) is -3.53. The second-order valence-corrected chi connectivity index (χ2v) is 7.26. The molecule has 0 atom stereocenters. The van der Waals surface area contributed by atoms with E-state index in [2.05, 4.69) is 6.92 Å². The molecule has 0 aliphatic carbocycles. The maximum Gasteiger partial charge on any atom is 0.244 e. The van der Waals surface area contributed by atoms with Crippen molar-refractivity contribution in [2.75, 3.05) is 18.8 Å². The Morgan fingerprint density at radius 3 is 2.58 bits per heavy atom. The Bertz CT molecular complexity index is 552. The highest BCUT2D eigenvalue weighted by molar-refractivity contribution is 7.89. The van der Waals surface area contributed by atoms with Gasteiger partial charge in [-0.15, -0.1) is 0 Å². The van der Waals surface area contributed by atoms with Crippen molar-refractivity contribution in [3.8, 4) is 0 Å². The summed E-state index contributed by atoms with van der Waals surface area (Å²) >= 11 is 5.99. The van der Waals surface area contributed by atoms with Gasteiger partial charge in [-0.2, -0.15) is 4.31 Å². The van der Waals surface area contributed by atoms with E-state index in [4.69, 9.17) is 17.3 Å². The van der Waals surface area contributed by atoms with Crippen LogP contribution in [0.1, 0.15) is 26.2 Å². The summed E-state index contributed by atoms with van der Waals surface area (Å²) in [5, 5.41) is 0.229. The molecule has 0 amide bonds. The van der Waals surface area contributed by atoms with E-state index in [1.54, 1.807) is 6.07 Å². The van der Waals surface area contributed by atoms with Crippen molar-refractivity contribution >= 4 is 27.3 Å². The van der Waals surface area contributed by atoms with E-state index in [-0.39, 0.29) is 9.92 Å². The molecular formula is C13H19ClN2O2S. The van der Waals surface area contributed by atoms with Crippen LogP contribution in [-0.2, 0) is 10.0 Å². The Labute approximate surface area is 119 Å². The summed E-state index contributed by atoms with van der Waals surface area (Å²) in [6.45, 7) is 3.27. The second kappa shape index (κ2) is 5.69. The number of rotatable bonds is 3. The Kier molecular flexibility index (Phi) is 4.38. The fraction of sp³-hybridized carbons (Fsp3) is 0.538. The van der Waals surface area contributed by atoms with Crippen molar-refractivity contribution in [1.29, 1.82) is 0 Å². The number of benzene rings is 1. The number of nitrogens with zero attached hydrogens (tertiary/aromatic N) is 1. The number of nitrogen functional groups attached to an aromatic ring is 1. The minimum atomic E-state index is -3.53. The van der Waals surface area contributed by atoms with E-state index in [1.807, 2.05) is 0 Å². The van der Waals surface area contributed by atoms with Gasteiger partial charge in [0.2, 0.25) is 10.0 Å². The molecule has 0 bridgehead atoms. The molecule has 19 heavy (non-hydrogen) atoms. The number of sulfonamides is 1. The van der Waals surface area contributed by atoms with Crippen molar-refractivity contribution in [3.05, 3.63) is 23.2 Å². The molecule has 0 radical (unpaired) electrons. The zero-order valence-electron chi connectivity index (χ0n) is 11.0. The molecule has 1 aliphatic rings. The monoisotopic (exact) mass is 302 g/mol. The highest BCUT2D eigenvalue weighted by Crippen LogP contribution is 2.30. The molecule has 1 aromatic rings. The van der Waals surface area contributed by atoms with Crippen LogP contribution >= 0.6 is 11.6 Å². The number of piperidine rings is 1. The lowest BCUT2D eigenvalue weighted by Gasteiger charge is -2.30. The van der Waals surface area contributed by atoms with Gasteiger partial charge in [-0.25, -0.2) is 8.42 Å². The van der Waals surface area contributed by atoms with E-state index < -0.39 is 10.0 Å². The minimum Gasteiger partial charge on any atom is -0.399 e. The molecule has 0 saturated carbocycles. The fourth-order valence-corrected chi connectivity index (χ4v) is 4.39. The molecule has 1 aromatic carbocycles. The van der Waals surface area contributed by atoms with Crippen molar-refractivity contribution in [3.63, 3.8) is 0 Å². The van der Waals surface area contributed by atoms with Crippen LogP contribution < -0.4 is 5.73 Å². The van der Waals surface area contributed by atoms with E-state index >= 15 is 0 Å². The van der Waals surface area contributed by atoms with Gasteiger partial charge in [0, 0.05) is 18.8 Å². The van der Waals surface area contributed by atoms with Crippen molar-refractivity contribution < 1.29 is 8.42 Å². The standard InChI is InChI=1S/C13H19ClN2O2S/c1-2-10-5-7-16(8-6-10)19(17,18)13-9-11(15)3-4-12(13)14/h3-4,9-10H,2,5-8,15H2,1H3. The van der Waals surface area contributed by atoms with Crippen LogP contribution in [0.3, 0.4) is 0 Å². The van der Waals surface area contributed by atoms with Gasteiger partial charge >= 0.3 is 0 Å². The van der Waals surface area contributed by atoms with Crippen LogP contribution in [0, 0.1) is 5.92 Å². The van der Waals surface area contributed by atoms with Gasteiger partial charge in [0.05, 0.1) is 5.02 Å². The Morgan fingerprint density at radius 1 is 1.37 bits per heavy atom. The van der Waals surface area contributed by atoms with E-state index in [0.717, 1.165) is 19.3 Å². The largest absolute Gasteiger partial charge is 0.399 e. The SMILES string of the molecule is CCC1CCN(S(=O)(=O)c2cc(N)ccc2Cl)CC1. The average molecular weight is 303 g/mol. The molecule has 6 heteroatoms. The van der Waals surface area contributed by atoms with Gasteiger partial charge in [-0.1, -0.05) is 24.9 Å². The van der Waals surface area contributed by atoms with E-state index in [9.17, 15) is 8.42 Å². The first-order valence-electron chi connectivity index (χ1n) is 6.50. The van der Waals surface area contributed by atoms with Crippen LogP contribution in [0.4, 0.5) is 5.69 Å². The van der Waals surface area contributed by atoms with E-state index in [0.29, 0.717) is 24.7 Å². The maximum absolute atomic E-state index is 12.5. The summed E-state index contributed by atoms with van der Waals surface area (Å²) < 4.78 is 26.6. The van der Waals surface area contributed by atoms with Gasteiger partial charge < -0.3 is 5.73 Å². The third kappa shape index (κ3) is 3.04. The Balaban J connectivity index is 2.26. The summed E-state index contributed by atoms with van der Waals surface area (Å²) in [4.78, 5) is 0.115. The Morgan fingerprint density at radius 2 is 2.00 bits per heavy atom. The summed E-state index contributed by atoms with van der Waals surface area (Å²) in [5.41, 5.74) is 6.06. The molecule has 2 rings (SSSR count). The van der Waals surface area contributed by atoms with Gasteiger partial charge in [0.15, 0.2) is 0 Å². The average Bonchev–Trinajstić information content (AvgIpc) is 2.41. The first-order chi connectivity index (χ1) is 8.95. The number of nitrogens with two attached hydrogens (primary N) is 1. The lowest BCUT2D eigenvalue weighted by Crippen LogP contribution is -2.38. The van der Waals surface area contributed by atoms with Crippen LogP contribution in [0.15, 0.2) is 23.1 Å². The quantitative estimate of drug-likeness (QED) is 0.873. The first-order valence-corrected chi connectivity index (χ1v) is 8.32. The minimum absolute atomic E-state index is 0.115. The zero-order chi connectivity index (χ0) is 14.0. The van der Waals surface area contributed by atoms with Crippen LogP contribution in [0.5, 0.6) is 0 Å². The number of hydrogen-bond acceptors (Lipinski definition) is 3. The third-order valence-electron chi connectivity index (χ3n) is 3.72. The predicted octanol–water partition coefficient (Wildman–Crippen LogP) is 2.73. The molecule has 1 aliphatic heterocycles. The lowest BCUT2D eigenvalue weighted by molar-refractivity contribution is 0.269. The fourth-order valence-electron chi connectivity index (χ4n) is 2.41. The molecule has 2 N–H and O–H groups in total. The third-order valence-corrected chi connectivity index (χ3v) is 6.10. The lowest BCUT2D eigenvalue weighted by atomic mass is 9.96. The zero-order valence-corrected chi connectivity index (χ0v) is 12.5. The number of halogens is 1. The van der Waals surface area contributed by atoms with Gasteiger partial charge in [0.1, 0.15) is 4.90 Å². The molecule has 0 aromatic heterocycles. The Hall–Kier alpha value is -0.780. The molecule has 106 valence electrons. The second-order valence-electron chi connectivity index (χ2n) is 4.95. The summed E-state index contributed by atoms with van der Waals surface area (Å²) in [6, 6.07) is 4.57. The predicted molar refractivity (Wildman–Crippen MR) is 77.6 cm³/mol.